The van der Waals surface area contributed by atoms with Crippen LogP contribution in [0.5, 0.6) is 0 Å². The molecule has 0 spiro atoms. The van der Waals surface area contributed by atoms with Gasteiger partial charge in [-0.05, 0) is 77.4 Å². The van der Waals surface area contributed by atoms with Crippen molar-refractivity contribution in [3.05, 3.63) is 47.6 Å². The van der Waals surface area contributed by atoms with Crippen LogP contribution in [-0.4, -0.2) is 46.2 Å². The van der Waals surface area contributed by atoms with Crippen molar-refractivity contribution in [1.29, 1.82) is 0 Å². The molecule has 0 amide bonds. The van der Waals surface area contributed by atoms with Crippen LogP contribution < -0.4 is 0 Å². The van der Waals surface area contributed by atoms with E-state index in [1.807, 2.05) is 32.9 Å². The minimum absolute atomic E-state index is 0.0129. The molecule has 0 saturated carbocycles. The summed E-state index contributed by atoms with van der Waals surface area (Å²) in [5.41, 5.74) is 0.200. The Bertz CT molecular complexity index is 735. The monoisotopic (exact) mass is 418 g/mol. The van der Waals surface area contributed by atoms with Crippen LogP contribution in [-0.2, 0) is 14.3 Å². The molecule has 1 aliphatic carbocycles. The molecule has 30 heavy (non-hydrogen) atoms. The van der Waals surface area contributed by atoms with Gasteiger partial charge >= 0.3 is 5.97 Å². The maximum absolute atomic E-state index is 12.3. The smallest absolute Gasteiger partial charge is 0.331 e. The first-order chi connectivity index (χ1) is 13.9. The first-order valence-corrected chi connectivity index (χ1v) is 10.8. The van der Waals surface area contributed by atoms with Gasteiger partial charge < -0.3 is 19.7 Å². The molecular formula is C25H38O5. The third-order valence-corrected chi connectivity index (χ3v) is 5.76. The Morgan fingerprint density at radius 3 is 2.67 bits per heavy atom. The molecule has 4 atom stereocenters. The van der Waals surface area contributed by atoms with Crippen LogP contribution in [0.3, 0.4) is 0 Å². The van der Waals surface area contributed by atoms with Crippen LogP contribution in [0.4, 0.5) is 0 Å². The fourth-order valence-electron chi connectivity index (χ4n) is 3.71. The first-order valence-electron chi connectivity index (χ1n) is 10.8. The van der Waals surface area contributed by atoms with Gasteiger partial charge in [0, 0.05) is 6.08 Å². The first kappa shape index (κ1) is 24.6. The van der Waals surface area contributed by atoms with E-state index in [2.05, 4.69) is 19.1 Å². The van der Waals surface area contributed by atoms with Gasteiger partial charge in [0.05, 0.1) is 18.3 Å². The summed E-state index contributed by atoms with van der Waals surface area (Å²) in [6, 6.07) is 0. The number of epoxide rings is 1. The quantitative estimate of drug-likeness (QED) is 0.289. The summed E-state index contributed by atoms with van der Waals surface area (Å²) in [7, 11) is 0. The summed E-state index contributed by atoms with van der Waals surface area (Å²) in [5, 5.41) is 19.8. The summed E-state index contributed by atoms with van der Waals surface area (Å²) in [6.07, 6.45) is 13.9. The Kier molecular flexibility index (Phi) is 7.89. The van der Waals surface area contributed by atoms with Crippen LogP contribution in [0.2, 0.25) is 0 Å². The van der Waals surface area contributed by atoms with Crippen LogP contribution in [0, 0.1) is 5.41 Å². The van der Waals surface area contributed by atoms with E-state index in [0.29, 0.717) is 6.42 Å². The molecule has 5 nitrogen and oxygen atoms in total. The van der Waals surface area contributed by atoms with Gasteiger partial charge in [0.25, 0.3) is 0 Å². The van der Waals surface area contributed by atoms with Gasteiger partial charge in [-0.25, -0.2) is 4.79 Å². The third-order valence-electron chi connectivity index (χ3n) is 5.76. The zero-order valence-electron chi connectivity index (χ0n) is 19.3. The van der Waals surface area contributed by atoms with Crippen molar-refractivity contribution >= 4 is 5.97 Å². The Labute approximate surface area is 181 Å². The third kappa shape index (κ3) is 7.22. The van der Waals surface area contributed by atoms with Gasteiger partial charge in [0.1, 0.15) is 5.60 Å². The van der Waals surface area contributed by atoms with Crippen LogP contribution in [0.1, 0.15) is 67.2 Å². The van der Waals surface area contributed by atoms with Gasteiger partial charge in [0.15, 0.2) is 6.10 Å². The predicted octanol–water partition coefficient (Wildman–Crippen LogP) is 4.40. The van der Waals surface area contributed by atoms with E-state index in [0.717, 1.165) is 30.4 Å². The number of aliphatic hydroxyl groups excluding tert-OH is 1. The standard InChI is InChI=1S/C25H38O5/c1-18(2)16-22(27)29-20-11-15-24(5,13-7-12-23(3,4)28)14-10-19(17-26)8-9-21-25(20,6)30-21/h7,10-12,15-16,20-21,26,28H,8-9,13-14,17H2,1-6H3/b12-7+,15-11+,19-10-/t20-,21+,24+,25+/m1/s1. The normalized spacial score (nSPS) is 34.9. The lowest BCUT2D eigenvalue weighted by atomic mass is 9.81. The highest BCUT2D eigenvalue weighted by Gasteiger charge is 2.58. The highest BCUT2D eigenvalue weighted by atomic mass is 16.6. The van der Waals surface area contributed by atoms with Crippen molar-refractivity contribution in [3.63, 3.8) is 0 Å². The van der Waals surface area contributed by atoms with E-state index in [9.17, 15) is 15.0 Å². The summed E-state index contributed by atoms with van der Waals surface area (Å²) in [5.74, 6) is -0.368. The lowest BCUT2D eigenvalue weighted by Gasteiger charge is -2.26. The second-order valence-corrected chi connectivity index (χ2v) is 9.91. The number of hydrogen-bond acceptors (Lipinski definition) is 5. The molecular weight excluding hydrogens is 380 g/mol. The summed E-state index contributed by atoms with van der Waals surface area (Å²) >= 11 is 0. The molecule has 1 aliphatic heterocycles. The number of hydrogen-bond donors (Lipinski definition) is 2. The second kappa shape index (κ2) is 9.63. The van der Waals surface area contributed by atoms with Crippen LogP contribution in [0.25, 0.3) is 0 Å². The number of allylic oxidation sites excluding steroid dienone is 4. The van der Waals surface area contributed by atoms with Gasteiger partial charge in [-0.15, -0.1) is 0 Å². The molecule has 168 valence electrons. The number of ether oxygens (including phenoxy) is 2. The van der Waals surface area contributed by atoms with Crippen molar-refractivity contribution in [2.24, 2.45) is 5.41 Å². The van der Waals surface area contributed by atoms with Gasteiger partial charge in [-0.1, -0.05) is 36.8 Å². The Balaban J connectivity index is 2.32. The van der Waals surface area contributed by atoms with Crippen molar-refractivity contribution in [2.75, 3.05) is 6.61 Å². The van der Waals surface area contributed by atoms with E-state index < -0.39 is 17.3 Å². The molecule has 5 heteroatoms. The number of carbonyl (C=O) groups is 1. The largest absolute Gasteiger partial charge is 0.452 e. The average Bonchev–Trinajstić information content (AvgIpc) is 3.28. The van der Waals surface area contributed by atoms with Gasteiger partial charge in [-0.2, -0.15) is 0 Å². The molecule has 1 fully saturated rings. The van der Waals surface area contributed by atoms with E-state index in [4.69, 9.17) is 9.47 Å². The molecule has 1 saturated heterocycles. The number of aliphatic hydroxyl groups is 2. The molecule has 0 unspecified atom stereocenters. The molecule has 0 bridgehead atoms. The highest BCUT2D eigenvalue weighted by molar-refractivity contribution is 5.83. The fraction of sp³-hybridized carbons (Fsp3) is 0.640. The molecule has 0 aromatic rings. The lowest BCUT2D eigenvalue weighted by Crippen LogP contribution is -2.32. The van der Waals surface area contributed by atoms with Crippen molar-refractivity contribution in [3.8, 4) is 0 Å². The summed E-state index contributed by atoms with van der Waals surface area (Å²) < 4.78 is 11.8. The van der Waals surface area contributed by atoms with E-state index >= 15 is 0 Å². The maximum Gasteiger partial charge on any atom is 0.331 e. The SMILES string of the molecule is CC(C)=CC(=O)O[C@@H]1/C=C/[C@@](C)(C/C=C/C(C)(C)O)C/C=C(\CO)CC[C@@H]2O[C@]21C. The molecule has 0 aromatic carbocycles. The zero-order valence-corrected chi connectivity index (χ0v) is 19.3. The van der Waals surface area contributed by atoms with Crippen LogP contribution in [0.15, 0.2) is 47.6 Å². The Morgan fingerprint density at radius 2 is 2.07 bits per heavy atom. The fourth-order valence-corrected chi connectivity index (χ4v) is 3.71. The molecule has 0 radical (unpaired) electrons. The molecule has 2 aliphatic rings. The Hall–Kier alpha value is -1.69. The second-order valence-electron chi connectivity index (χ2n) is 9.91. The summed E-state index contributed by atoms with van der Waals surface area (Å²) in [6.45, 7) is 11.3. The molecule has 0 aromatic heterocycles. The number of rotatable bonds is 6. The predicted molar refractivity (Wildman–Crippen MR) is 119 cm³/mol. The lowest BCUT2D eigenvalue weighted by molar-refractivity contribution is -0.143. The molecule has 2 rings (SSSR count). The van der Waals surface area contributed by atoms with Crippen molar-refractivity contribution in [1.82, 2.24) is 0 Å². The minimum atomic E-state index is -0.870. The van der Waals surface area contributed by atoms with Crippen molar-refractivity contribution < 1.29 is 24.5 Å². The zero-order chi connectivity index (χ0) is 22.6. The van der Waals surface area contributed by atoms with E-state index in [1.54, 1.807) is 19.9 Å². The number of carbonyl (C=O) groups excluding carboxylic acids is 1. The minimum Gasteiger partial charge on any atom is -0.452 e. The molecule has 1 heterocycles. The van der Waals surface area contributed by atoms with Gasteiger partial charge in [-0.3, -0.25) is 0 Å². The van der Waals surface area contributed by atoms with E-state index in [1.165, 1.54) is 6.08 Å². The van der Waals surface area contributed by atoms with E-state index in [-0.39, 0.29) is 24.1 Å². The number of esters is 1. The van der Waals surface area contributed by atoms with Gasteiger partial charge in [0.2, 0.25) is 0 Å². The Morgan fingerprint density at radius 1 is 1.37 bits per heavy atom. The topological polar surface area (TPSA) is 79.3 Å². The van der Waals surface area contributed by atoms with Crippen molar-refractivity contribution in [2.45, 2.75) is 90.6 Å². The maximum atomic E-state index is 12.3. The van der Waals surface area contributed by atoms with Crippen LogP contribution >= 0.6 is 0 Å². The summed E-state index contributed by atoms with van der Waals surface area (Å²) in [4.78, 5) is 12.3. The molecule has 2 N–H and O–H groups in total. The number of fused-ring (bicyclic) bond motifs is 1. The average molecular weight is 419 g/mol. The highest BCUT2D eigenvalue weighted by Crippen LogP contribution is 2.45.